The van der Waals surface area contributed by atoms with Crippen LogP contribution in [0, 0.1) is 17.3 Å². The average molecular weight is 408 g/mol. The Labute approximate surface area is 176 Å². The number of aliphatic hydroxyl groups is 1. The molecule has 0 radical (unpaired) electrons. The average Bonchev–Trinajstić information content (AvgIpc) is 3.07. The van der Waals surface area contributed by atoms with Gasteiger partial charge in [0.15, 0.2) is 11.5 Å². The smallest absolute Gasteiger partial charge is 0.248 e. The van der Waals surface area contributed by atoms with Gasteiger partial charge in [-0.2, -0.15) is 0 Å². The number of aliphatic hydroxyl groups excluding tert-OH is 1. The molecule has 0 unspecified atom stereocenters. The highest BCUT2D eigenvalue weighted by molar-refractivity contribution is 6.03. The lowest BCUT2D eigenvalue weighted by molar-refractivity contribution is -0.0178. The predicted octanol–water partition coefficient (Wildman–Crippen LogP) is 4.25. The van der Waals surface area contributed by atoms with Crippen molar-refractivity contribution in [2.45, 2.75) is 51.0 Å². The number of phenols is 1. The van der Waals surface area contributed by atoms with Crippen LogP contribution in [0.1, 0.15) is 56.1 Å². The van der Waals surface area contributed by atoms with Crippen LogP contribution < -0.4 is 9.57 Å². The van der Waals surface area contributed by atoms with Gasteiger partial charge in [0.2, 0.25) is 5.88 Å². The second-order valence-corrected chi connectivity index (χ2v) is 9.13. The molecule has 0 bridgehead atoms. The Morgan fingerprint density at radius 2 is 2.07 bits per heavy atom. The van der Waals surface area contributed by atoms with Crippen molar-refractivity contribution in [3.63, 3.8) is 0 Å². The van der Waals surface area contributed by atoms with Crippen molar-refractivity contribution < 1.29 is 19.8 Å². The summed E-state index contributed by atoms with van der Waals surface area (Å²) >= 11 is 0. The maximum atomic E-state index is 10.7. The number of fused-ring (bicyclic) bond motifs is 5. The fraction of sp³-hybridized carbons (Fsp3) is 0.500. The number of nitrogens with zero attached hydrogens (tertiary/aromatic N) is 2. The van der Waals surface area contributed by atoms with Gasteiger partial charge in [-0.25, -0.2) is 4.98 Å². The molecule has 3 aliphatic carbocycles. The van der Waals surface area contributed by atoms with E-state index >= 15 is 0 Å². The molecule has 2 aromatic rings. The van der Waals surface area contributed by atoms with E-state index in [0.717, 1.165) is 48.9 Å². The Hall–Kier alpha value is -2.60. The summed E-state index contributed by atoms with van der Waals surface area (Å²) in [5, 5.41) is 25.6. The van der Waals surface area contributed by atoms with Crippen LogP contribution in [0.3, 0.4) is 0 Å². The molecule has 30 heavy (non-hydrogen) atoms. The zero-order valence-corrected chi connectivity index (χ0v) is 17.4. The number of phenolic OH excluding ortho intramolecular Hbond substituents is 1. The number of methoxy groups -OCH3 is 1. The third kappa shape index (κ3) is 2.97. The molecule has 2 saturated carbocycles. The van der Waals surface area contributed by atoms with Gasteiger partial charge in [0.1, 0.15) is 0 Å². The van der Waals surface area contributed by atoms with Gasteiger partial charge < -0.3 is 19.8 Å². The quantitative estimate of drug-likeness (QED) is 0.742. The third-order valence-corrected chi connectivity index (χ3v) is 7.76. The zero-order valence-electron chi connectivity index (χ0n) is 17.4. The van der Waals surface area contributed by atoms with Crippen molar-refractivity contribution >= 4 is 5.71 Å². The summed E-state index contributed by atoms with van der Waals surface area (Å²) in [6.07, 6.45) is 6.14. The molecule has 5 rings (SSSR count). The van der Waals surface area contributed by atoms with E-state index < -0.39 is 0 Å². The summed E-state index contributed by atoms with van der Waals surface area (Å²) < 4.78 is 5.41. The molecule has 6 heteroatoms. The Morgan fingerprint density at radius 3 is 2.83 bits per heavy atom. The van der Waals surface area contributed by atoms with Crippen LogP contribution in [0.25, 0.3) is 0 Å². The first-order valence-electron chi connectivity index (χ1n) is 10.8. The number of rotatable bonds is 3. The summed E-state index contributed by atoms with van der Waals surface area (Å²) in [5.74, 6) is 2.23. The summed E-state index contributed by atoms with van der Waals surface area (Å²) in [6.45, 7) is 2.25. The molecule has 0 aliphatic heterocycles. The molecule has 158 valence electrons. The van der Waals surface area contributed by atoms with Gasteiger partial charge in [-0.15, -0.1) is 0 Å². The lowest BCUT2D eigenvalue weighted by Crippen LogP contribution is -2.45. The number of aromatic hydroxyl groups is 1. The number of hydrogen-bond acceptors (Lipinski definition) is 6. The molecule has 1 heterocycles. The number of ether oxygens (including phenoxy) is 1. The maximum Gasteiger partial charge on any atom is 0.248 e. The van der Waals surface area contributed by atoms with E-state index in [1.807, 2.05) is 18.2 Å². The number of hydrogen-bond donors (Lipinski definition) is 2. The van der Waals surface area contributed by atoms with Gasteiger partial charge in [0, 0.05) is 17.8 Å². The van der Waals surface area contributed by atoms with E-state index in [9.17, 15) is 10.2 Å². The largest absolute Gasteiger partial charge is 0.504 e. The topological polar surface area (TPSA) is 84.2 Å². The highest BCUT2D eigenvalue weighted by Gasteiger charge is 2.55. The predicted molar refractivity (Wildman–Crippen MR) is 113 cm³/mol. The Balaban J connectivity index is 1.58. The van der Waals surface area contributed by atoms with Crippen LogP contribution >= 0.6 is 0 Å². The van der Waals surface area contributed by atoms with Crippen molar-refractivity contribution in [2.24, 2.45) is 22.4 Å². The van der Waals surface area contributed by atoms with Crippen LogP contribution in [-0.2, 0) is 0 Å². The fourth-order valence-electron chi connectivity index (χ4n) is 6.16. The lowest BCUT2D eigenvalue weighted by Gasteiger charge is -2.50. The standard InChI is InChI=1S/C24H28N2O4/c1-24-9-8-14-15-13-21(29-2)20(27)12-17(15)19(26-30-23-5-3-4-10-25-23)11-16(14)18(24)6-7-22(24)28/h3-5,10,12-14,16,18,22,27-28H,6-9,11H2,1-2H3/b26-19+/t14-,16-,18+,22+,24+/m1/s1. The van der Waals surface area contributed by atoms with Gasteiger partial charge >= 0.3 is 0 Å². The minimum atomic E-state index is -0.232. The first-order valence-corrected chi connectivity index (χ1v) is 10.8. The monoisotopic (exact) mass is 408 g/mol. The van der Waals surface area contributed by atoms with Crippen molar-refractivity contribution in [3.8, 4) is 17.4 Å². The fourth-order valence-corrected chi connectivity index (χ4v) is 6.16. The summed E-state index contributed by atoms with van der Waals surface area (Å²) in [4.78, 5) is 9.84. The SMILES string of the molecule is COc1cc2c(cc1O)/C(=N/Oc1ccccn1)C[C@@H]1[C@@H]2CC[C@]2(C)[C@@H](O)CC[C@@H]12. The number of oxime groups is 1. The Bertz CT molecular complexity index is 977. The van der Waals surface area contributed by atoms with Crippen molar-refractivity contribution in [2.75, 3.05) is 7.11 Å². The van der Waals surface area contributed by atoms with E-state index in [0.29, 0.717) is 29.4 Å². The zero-order chi connectivity index (χ0) is 20.9. The van der Waals surface area contributed by atoms with E-state index in [1.165, 1.54) is 0 Å². The molecule has 0 amide bonds. The maximum absolute atomic E-state index is 10.7. The van der Waals surface area contributed by atoms with Gasteiger partial charge in [0.05, 0.1) is 18.9 Å². The van der Waals surface area contributed by atoms with Crippen LogP contribution in [-0.4, -0.2) is 34.1 Å². The molecule has 3 aliphatic rings. The first-order chi connectivity index (χ1) is 14.5. The highest BCUT2D eigenvalue weighted by Crippen LogP contribution is 2.61. The first kappa shape index (κ1) is 19.4. The Morgan fingerprint density at radius 1 is 1.20 bits per heavy atom. The lowest BCUT2D eigenvalue weighted by atomic mass is 9.55. The molecular weight excluding hydrogens is 380 g/mol. The summed E-state index contributed by atoms with van der Waals surface area (Å²) in [5.41, 5.74) is 2.87. The van der Waals surface area contributed by atoms with Crippen molar-refractivity contribution in [3.05, 3.63) is 47.7 Å². The highest BCUT2D eigenvalue weighted by atomic mass is 16.6. The molecular formula is C24H28N2O4. The van der Waals surface area contributed by atoms with E-state index in [-0.39, 0.29) is 17.3 Å². The minimum absolute atomic E-state index is 0.0351. The minimum Gasteiger partial charge on any atom is -0.504 e. The van der Waals surface area contributed by atoms with Crippen molar-refractivity contribution in [1.29, 1.82) is 0 Å². The van der Waals surface area contributed by atoms with Crippen LogP contribution in [0.15, 0.2) is 41.7 Å². The second-order valence-electron chi connectivity index (χ2n) is 9.13. The molecule has 0 spiro atoms. The molecule has 6 nitrogen and oxygen atoms in total. The molecule has 2 N–H and O–H groups in total. The molecule has 1 aromatic carbocycles. The van der Waals surface area contributed by atoms with Gasteiger partial charge in [0.25, 0.3) is 0 Å². The summed E-state index contributed by atoms with van der Waals surface area (Å²) in [7, 11) is 1.58. The van der Waals surface area contributed by atoms with Gasteiger partial charge in [-0.1, -0.05) is 18.1 Å². The van der Waals surface area contributed by atoms with E-state index in [4.69, 9.17) is 9.57 Å². The van der Waals surface area contributed by atoms with Crippen LogP contribution in [0.2, 0.25) is 0 Å². The molecule has 5 atom stereocenters. The summed E-state index contributed by atoms with van der Waals surface area (Å²) in [6, 6.07) is 9.18. The van der Waals surface area contributed by atoms with Crippen molar-refractivity contribution in [1.82, 2.24) is 4.98 Å². The molecule has 1 aromatic heterocycles. The Kier molecular flexibility index (Phi) is 4.69. The third-order valence-electron chi connectivity index (χ3n) is 7.76. The number of pyridine rings is 1. The van der Waals surface area contributed by atoms with Crippen LogP contribution in [0.5, 0.6) is 17.4 Å². The number of aromatic nitrogens is 1. The van der Waals surface area contributed by atoms with E-state index in [2.05, 4.69) is 17.1 Å². The van der Waals surface area contributed by atoms with Gasteiger partial charge in [-0.3, -0.25) is 0 Å². The number of benzene rings is 1. The second kappa shape index (κ2) is 7.27. The molecule has 2 fully saturated rings. The normalized spacial score (nSPS) is 33.5. The van der Waals surface area contributed by atoms with Crippen LogP contribution in [0.4, 0.5) is 0 Å². The van der Waals surface area contributed by atoms with Gasteiger partial charge in [-0.05, 0) is 79.0 Å². The molecule has 0 saturated heterocycles. The van der Waals surface area contributed by atoms with E-state index in [1.54, 1.807) is 25.4 Å².